The van der Waals surface area contributed by atoms with Crippen LogP contribution in [0, 0.1) is 11.8 Å². The van der Waals surface area contributed by atoms with Gasteiger partial charge in [-0.1, -0.05) is 27.7 Å². The molecule has 0 bridgehead atoms. The summed E-state index contributed by atoms with van der Waals surface area (Å²) < 4.78 is 0. The van der Waals surface area contributed by atoms with Crippen molar-refractivity contribution in [2.24, 2.45) is 11.8 Å². The molecule has 2 atom stereocenters. The van der Waals surface area contributed by atoms with Crippen LogP contribution >= 0.6 is 0 Å². The van der Waals surface area contributed by atoms with Crippen molar-refractivity contribution in [1.82, 2.24) is 0 Å². The molecule has 1 aliphatic heterocycles. The third kappa shape index (κ3) is 1.42. The van der Waals surface area contributed by atoms with Crippen LogP contribution < -0.4 is 0 Å². The van der Waals surface area contributed by atoms with Crippen molar-refractivity contribution in [3.63, 3.8) is 0 Å². The van der Waals surface area contributed by atoms with E-state index in [2.05, 4.69) is 27.7 Å². The Bertz CT molecular complexity index is 118. The second kappa shape index (κ2) is 3.11. The Labute approximate surface area is 68.8 Å². The molecule has 0 saturated carbocycles. The van der Waals surface area contributed by atoms with Gasteiger partial charge in [0.1, 0.15) is 0 Å². The van der Waals surface area contributed by atoms with Crippen molar-refractivity contribution < 1.29 is 9.78 Å². The summed E-state index contributed by atoms with van der Waals surface area (Å²) in [6.45, 7) is 8.69. The molecule has 1 heterocycles. The lowest BCUT2D eigenvalue weighted by Crippen LogP contribution is -2.28. The molecular formula is C9H18O2. The molecule has 2 unspecified atom stereocenters. The minimum absolute atomic E-state index is 0.233. The lowest BCUT2D eigenvalue weighted by Gasteiger charge is -2.19. The Hall–Kier alpha value is -0.0800. The van der Waals surface area contributed by atoms with E-state index in [0.717, 1.165) is 12.8 Å². The van der Waals surface area contributed by atoms with Gasteiger partial charge in [0.25, 0.3) is 0 Å². The molecule has 1 aliphatic rings. The summed E-state index contributed by atoms with van der Waals surface area (Å²) in [7, 11) is 0. The fraction of sp³-hybridized carbons (Fsp3) is 1.00. The fourth-order valence-corrected chi connectivity index (χ4v) is 1.43. The van der Waals surface area contributed by atoms with Gasteiger partial charge in [-0.2, -0.15) is 9.78 Å². The number of rotatable bonds is 4. The van der Waals surface area contributed by atoms with Gasteiger partial charge in [-0.05, 0) is 12.8 Å². The van der Waals surface area contributed by atoms with Crippen LogP contribution in [0.1, 0.15) is 40.5 Å². The SMILES string of the molecule is CCC(C)C1(C(C)CC)OO1. The molecular weight excluding hydrogens is 140 g/mol. The quantitative estimate of drug-likeness (QED) is 0.464. The third-order valence-electron chi connectivity index (χ3n) is 2.87. The lowest BCUT2D eigenvalue weighted by atomic mass is 9.87. The summed E-state index contributed by atoms with van der Waals surface area (Å²) in [5, 5.41) is 0. The monoisotopic (exact) mass is 158 g/mol. The summed E-state index contributed by atoms with van der Waals surface area (Å²) in [5.41, 5.74) is 0. The molecule has 1 fully saturated rings. The van der Waals surface area contributed by atoms with Crippen molar-refractivity contribution in [3.8, 4) is 0 Å². The molecule has 0 spiro atoms. The minimum Gasteiger partial charge on any atom is -0.194 e. The zero-order valence-corrected chi connectivity index (χ0v) is 7.89. The molecule has 0 radical (unpaired) electrons. The van der Waals surface area contributed by atoms with Crippen LogP contribution in [0.3, 0.4) is 0 Å². The molecule has 0 aromatic heterocycles. The maximum absolute atomic E-state index is 5.10. The Balaban J connectivity index is 2.52. The van der Waals surface area contributed by atoms with Gasteiger partial charge < -0.3 is 0 Å². The summed E-state index contributed by atoms with van der Waals surface area (Å²) in [6.07, 6.45) is 2.23. The smallest absolute Gasteiger partial charge is 0.194 e. The first-order valence-electron chi connectivity index (χ1n) is 4.54. The highest BCUT2D eigenvalue weighted by Crippen LogP contribution is 2.46. The molecule has 0 aromatic carbocycles. The average Bonchev–Trinajstić information content (AvgIpc) is 2.82. The van der Waals surface area contributed by atoms with Crippen LogP contribution in [-0.2, 0) is 9.78 Å². The molecule has 1 rings (SSSR count). The van der Waals surface area contributed by atoms with E-state index in [1.54, 1.807) is 0 Å². The molecule has 0 aliphatic carbocycles. The molecule has 0 aromatic rings. The molecule has 2 heteroatoms. The van der Waals surface area contributed by atoms with Crippen LogP contribution in [0.5, 0.6) is 0 Å². The van der Waals surface area contributed by atoms with Gasteiger partial charge in [0.2, 0.25) is 5.79 Å². The highest BCUT2D eigenvalue weighted by atomic mass is 17.4. The highest BCUT2D eigenvalue weighted by Gasteiger charge is 2.56. The maximum Gasteiger partial charge on any atom is 0.239 e. The minimum atomic E-state index is -0.233. The third-order valence-corrected chi connectivity index (χ3v) is 2.87. The highest BCUT2D eigenvalue weighted by molar-refractivity contribution is 4.84. The van der Waals surface area contributed by atoms with Crippen LogP contribution in [0.2, 0.25) is 0 Å². The van der Waals surface area contributed by atoms with Crippen LogP contribution in [0.25, 0.3) is 0 Å². The van der Waals surface area contributed by atoms with Gasteiger partial charge in [0.15, 0.2) is 0 Å². The Morgan fingerprint density at radius 2 is 1.36 bits per heavy atom. The van der Waals surface area contributed by atoms with Crippen molar-refractivity contribution >= 4 is 0 Å². The van der Waals surface area contributed by atoms with Gasteiger partial charge in [0, 0.05) is 11.8 Å². The molecule has 0 amide bonds. The fourth-order valence-electron chi connectivity index (χ4n) is 1.43. The molecule has 2 nitrogen and oxygen atoms in total. The zero-order chi connectivity index (χ0) is 8.48. The summed E-state index contributed by atoms with van der Waals surface area (Å²) in [4.78, 5) is 10.2. The van der Waals surface area contributed by atoms with E-state index < -0.39 is 0 Å². The van der Waals surface area contributed by atoms with Gasteiger partial charge >= 0.3 is 0 Å². The number of hydrogen-bond donors (Lipinski definition) is 0. The zero-order valence-electron chi connectivity index (χ0n) is 7.89. The largest absolute Gasteiger partial charge is 0.239 e. The first-order chi connectivity index (χ1) is 5.17. The topological polar surface area (TPSA) is 25.1 Å². The van der Waals surface area contributed by atoms with Gasteiger partial charge in [0.05, 0.1) is 0 Å². The first kappa shape index (κ1) is 9.01. The summed E-state index contributed by atoms with van der Waals surface area (Å²) in [5.74, 6) is 0.790. The van der Waals surface area contributed by atoms with E-state index in [1.807, 2.05) is 0 Å². The molecule has 11 heavy (non-hydrogen) atoms. The second-order valence-corrected chi connectivity index (χ2v) is 3.51. The van der Waals surface area contributed by atoms with Crippen molar-refractivity contribution in [3.05, 3.63) is 0 Å². The van der Waals surface area contributed by atoms with E-state index in [-0.39, 0.29) is 5.79 Å². The number of hydrogen-bond acceptors (Lipinski definition) is 2. The average molecular weight is 158 g/mol. The van der Waals surface area contributed by atoms with E-state index in [4.69, 9.17) is 9.78 Å². The second-order valence-electron chi connectivity index (χ2n) is 3.51. The van der Waals surface area contributed by atoms with Gasteiger partial charge in [-0.15, -0.1) is 0 Å². The Morgan fingerprint density at radius 3 is 1.55 bits per heavy atom. The van der Waals surface area contributed by atoms with Crippen molar-refractivity contribution in [2.75, 3.05) is 0 Å². The molecule has 66 valence electrons. The molecule has 1 saturated heterocycles. The summed E-state index contributed by atoms with van der Waals surface area (Å²) in [6, 6.07) is 0. The van der Waals surface area contributed by atoms with E-state index in [9.17, 15) is 0 Å². The van der Waals surface area contributed by atoms with E-state index in [0.29, 0.717) is 11.8 Å². The lowest BCUT2D eigenvalue weighted by molar-refractivity contribution is 0.0850. The predicted octanol–water partition coefficient (Wildman–Crippen LogP) is 2.74. The normalized spacial score (nSPS) is 26.2. The van der Waals surface area contributed by atoms with Crippen molar-refractivity contribution in [2.45, 2.75) is 46.3 Å². The van der Waals surface area contributed by atoms with E-state index >= 15 is 0 Å². The Kier molecular flexibility index (Phi) is 2.55. The van der Waals surface area contributed by atoms with Crippen LogP contribution in [0.15, 0.2) is 0 Å². The standard InChI is InChI=1S/C9H18O2/c1-5-7(3)9(10-11-9)8(4)6-2/h7-8H,5-6H2,1-4H3. The Morgan fingerprint density at radius 1 is 1.00 bits per heavy atom. The van der Waals surface area contributed by atoms with Crippen LogP contribution in [-0.4, -0.2) is 5.79 Å². The van der Waals surface area contributed by atoms with Gasteiger partial charge in [-0.3, -0.25) is 0 Å². The molecule has 0 N–H and O–H groups in total. The summed E-state index contributed by atoms with van der Waals surface area (Å²) >= 11 is 0. The van der Waals surface area contributed by atoms with Crippen molar-refractivity contribution in [1.29, 1.82) is 0 Å². The first-order valence-corrected chi connectivity index (χ1v) is 4.54. The van der Waals surface area contributed by atoms with Crippen LogP contribution in [0.4, 0.5) is 0 Å². The maximum atomic E-state index is 5.10. The van der Waals surface area contributed by atoms with Gasteiger partial charge in [-0.25, -0.2) is 0 Å². The van der Waals surface area contributed by atoms with E-state index in [1.165, 1.54) is 0 Å². The predicted molar refractivity (Wildman–Crippen MR) is 43.8 cm³/mol.